The number of likely N-dealkylation sites (N-methyl/N-ethyl adjacent to an activating group) is 1. The number of hydrogen-bond acceptors (Lipinski definition) is 8. The maximum atomic E-state index is 12.8. The fraction of sp³-hybridized carbons (Fsp3) is 0.368. The minimum absolute atomic E-state index is 0.0161. The number of fused-ring (bicyclic) bond motifs is 1. The summed E-state index contributed by atoms with van der Waals surface area (Å²) in [5, 5.41) is 0.639. The highest BCUT2D eigenvalue weighted by Crippen LogP contribution is 2.37. The number of ether oxygens (including phenoxy) is 2. The predicted octanol–water partition coefficient (Wildman–Crippen LogP) is 4.53. The fourth-order valence-electron chi connectivity index (χ4n) is 2.88. The molecule has 0 bridgehead atoms. The van der Waals surface area contributed by atoms with Gasteiger partial charge in [-0.05, 0) is 25.2 Å². The predicted molar refractivity (Wildman–Crippen MR) is 125 cm³/mol. The molecule has 3 aromatic rings. The molecule has 0 atom stereocenters. The number of nitrogens with one attached hydrogen (secondary N) is 1. The summed E-state index contributed by atoms with van der Waals surface area (Å²) in [6.45, 7) is 7.32. The van der Waals surface area contributed by atoms with Crippen molar-refractivity contribution in [2.75, 3.05) is 38.1 Å². The van der Waals surface area contributed by atoms with E-state index in [1.54, 1.807) is 12.1 Å². The Kier molecular flexibility index (Phi) is 7.82. The maximum absolute atomic E-state index is 12.8. The smallest absolute Gasteiger partial charge is 0.272 e. The summed E-state index contributed by atoms with van der Waals surface area (Å²) in [6.07, 6.45) is 1.28. The molecule has 0 unspecified atom stereocenters. The average molecular weight is 505 g/mol. The number of halogens is 2. The lowest BCUT2D eigenvalue weighted by Crippen LogP contribution is -2.27. The van der Waals surface area contributed by atoms with E-state index in [-0.39, 0.29) is 19.4 Å². The Balaban J connectivity index is 1.90. The number of nitrogens with zero attached hydrogens (tertiary/aromatic N) is 3. The van der Waals surface area contributed by atoms with Crippen LogP contribution in [0.2, 0.25) is 9.36 Å². The van der Waals surface area contributed by atoms with Gasteiger partial charge in [0.05, 0.1) is 17.6 Å². The summed E-state index contributed by atoms with van der Waals surface area (Å²) in [5.74, 6) is 1.08. The molecule has 1 N–H and O–H groups in total. The van der Waals surface area contributed by atoms with Crippen molar-refractivity contribution in [3.8, 4) is 11.5 Å². The van der Waals surface area contributed by atoms with E-state index in [0.29, 0.717) is 29.0 Å². The zero-order valence-electron chi connectivity index (χ0n) is 17.2. The van der Waals surface area contributed by atoms with Crippen LogP contribution in [-0.2, 0) is 10.0 Å². The Morgan fingerprint density at radius 3 is 2.48 bits per heavy atom. The Bertz CT molecular complexity index is 1150. The van der Waals surface area contributed by atoms with Crippen molar-refractivity contribution in [1.82, 2.24) is 14.9 Å². The van der Waals surface area contributed by atoms with Crippen LogP contribution in [0.1, 0.15) is 13.8 Å². The highest BCUT2D eigenvalue weighted by molar-refractivity contribution is 7.94. The van der Waals surface area contributed by atoms with Gasteiger partial charge in [0.15, 0.2) is 17.3 Å². The molecule has 2 aromatic heterocycles. The van der Waals surface area contributed by atoms with Crippen molar-refractivity contribution in [2.24, 2.45) is 0 Å². The fourth-order valence-corrected chi connectivity index (χ4v) is 5.79. The van der Waals surface area contributed by atoms with E-state index in [1.807, 2.05) is 0 Å². The topological polar surface area (TPSA) is 93.6 Å². The maximum Gasteiger partial charge on any atom is 0.272 e. The summed E-state index contributed by atoms with van der Waals surface area (Å²) < 4.78 is 39.5. The molecule has 0 fully saturated rings. The number of thiophene rings is 1. The Hall–Kier alpha value is -1.85. The van der Waals surface area contributed by atoms with Crippen LogP contribution in [0.3, 0.4) is 0 Å². The van der Waals surface area contributed by atoms with Gasteiger partial charge in [-0.15, -0.1) is 11.3 Å². The minimum Gasteiger partial charge on any atom is -0.493 e. The van der Waals surface area contributed by atoms with E-state index in [9.17, 15) is 8.42 Å². The van der Waals surface area contributed by atoms with Crippen molar-refractivity contribution in [2.45, 2.75) is 18.1 Å². The van der Waals surface area contributed by atoms with Crippen molar-refractivity contribution < 1.29 is 17.9 Å². The van der Waals surface area contributed by atoms with Gasteiger partial charge in [-0.3, -0.25) is 4.72 Å². The van der Waals surface area contributed by atoms with Gasteiger partial charge >= 0.3 is 0 Å². The lowest BCUT2D eigenvalue weighted by atomic mass is 10.2. The highest BCUT2D eigenvalue weighted by atomic mass is 35.5. The summed E-state index contributed by atoms with van der Waals surface area (Å²) >= 11 is 12.7. The molecule has 12 heteroatoms. The van der Waals surface area contributed by atoms with Crippen molar-refractivity contribution >= 4 is 61.3 Å². The number of sulfonamides is 1. The van der Waals surface area contributed by atoms with E-state index in [2.05, 4.69) is 33.4 Å². The molecule has 0 spiro atoms. The zero-order chi connectivity index (χ0) is 22.6. The Morgan fingerprint density at radius 1 is 1.13 bits per heavy atom. The lowest BCUT2D eigenvalue weighted by Gasteiger charge is -2.19. The molecule has 0 amide bonds. The Morgan fingerprint density at radius 2 is 1.87 bits per heavy atom. The normalized spacial score (nSPS) is 11.8. The van der Waals surface area contributed by atoms with Gasteiger partial charge < -0.3 is 14.4 Å². The first-order valence-electron chi connectivity index (χ1n) is 9.44. The summed E-state index contributed by atoms with van der Waals surface area (Å²) in [4.78, 5) is 10.6. The first-order valence-corrected chi connectivity index (χ1v) is 12.5. The van der Waals surface area contributed by atoms with Gasteiger partial charge in [-0.25, -0.2) is 18.4 Å². The van der Waals surface area contributed by atoms with Gasteiger partial charge in [-0.2, -0.15) is 0 Å². The second kappa shape index (κ2) is 10.2. The number of rotatable bonds is 10. The largest absolute Gasteiger partial charge is 0.493 e. The van der Waals surface area contributed by atoms with Crippen LogP contribution in [0.4, 0.5) is 5.82 Å². The first-order chi connectivity index (χ1) is 14.8. The van der Waals surface area contributed by atoms with Gasteiger partial charge in [0, 0.05) is 18.0 Å². The van der Waals surface area contributed by atoms with Crippen LogP contribution in [0.5, 0.6) is 11.5 Å². The number of benzene rings is 1. The molecular formula is C19H22Cl2N4O4S2. The molecule has 2 heterocycles. The first kappa shape index (κ1) is 23.8. The van der Waals surface area contributed by atoms with Crippen molar-refractivity contribution in [3.63, 3.8) is 0 Å². The number of aromatic nitrogens is 2. The number of anilines is 1. The third kappa shape index (κ3) is 5.50. The van der Waals surface area contributed by atoms with E-state index in [1.165, 1.54) is 19.5 Å². The van der Waals surface area contributed by atoms with Gasteiger partial charge in [0.2, 0.25) is 0 Å². The number of hydrogen-bond donors (Lipinski definition) is 1. The van der Waals surface area contributed by atoms with Crippen LogP contribution < -0.4 is 14.2 Å². The summed E-state index contributed by atoms with van der Waals surface area (Å²) in [7, 11) is -2.42. The molecule has 0 saturated heterocycles. The summed E-state index contributed by atoms with van der Waals surface area (Å²) in [6, 6.07) is 4.64. The SMILES string of the molecule is CCN(CC)CCOc1cc2ncnc(NS(=O)(=O)c3cc(Cl)c(Cl)s3)c2cc1OC. The molecule has 0 aliphatic carbocycles. The quantitative estimate of drug-likeness (QED) is 0.433. The van der Waals surface area contributed by atoms with Crippen LogP contribution in [0.15, 0.2) is 28.7 Å². The molecular weight excluding hydrogens is 483 g/mol. The number of methoxy groups -OCH3 is 1. The third-order valence-electron chi connectivity index (χ3n) is 4.60. The van der Waals surface area contributed by atoms with Crippen LogP contribution in [-0.4, -0.2) is 56.6 Å². The lowest BCUT2D eigenvalue weighted by molar-refractivity contribution is 0.217. The molecule has 0 aliphatic heterocycles. The molecule has 31 heavy (non-hydrogen) atoms. The Labute approximate surface area is 195 Å². The van der Waals surface area contributed by atoms with E-state index in [4.69, 9.17) is 32.7 Å². The third-order valence-corrected chi connectivity index (χ3v) is 8.28. The molecule has 168 valence electrons. The van der Waals surface area contributed by atoms with Crippen molar-refractivity contribution in [1.29, 1.82) is 0 Å². The van der Waals surface area contributed by atoms with Crippen LogP contribution in [0, 0.1) is 0 Å². The monoisotopic (exact) mass is 504 g/mol. The molecule has 0 radical (unpaired) electrons. The van der Waals surface area contributed by atoms with Gasteiger partial charge in [-0.1, -0.05) is 37.0 Å². The standard InChI is InChI=1S/C19H22Cl2N4O4S2/c1-4-25(5-2)6-7-29-16-10-14-12(8-15(16)28-3)19(23-11-22-14)24-31(26,27)17-9-13(20)18(21)30-17/h8-11H,4-7H2,1-3H3,(H,22,23,24). The molecule has 0 aliphatic rings. The molecule has 0 saturated carbocycles. The zero-order valence-corrected chi connectivity index (χ0v) is 20.3. The second-order valence-electron chi connectivity index (χ2n) is 6.41. The average Bonchev–Trinajstić information content (AvgIpc) is 3.10. The minimum atomic E-state index is -3.93. The summed E-state index contributed by atoms with van der Waals surface area (Å²) in [5.41, 5.74) is 0.508. The van der Waals surface area contributed by atoms with Gasteiger partial charge in [0.1, 0.15) is 21.5 Å². The van der Waals surface area contributed by atoms with E-state index < -0.39 is 10.0 Å². The molecule has 8 nitrogen and oxygen atoms in total. The van der Waals surface area contributed by atoms with Crippen molar-refractivity contribution in [3.05, 3.63) is 33.9 Å². The molecule has 3 rings (SSSR count). The molecule has 1 aromatic carbocycles. The van der Waals surface area contributed by atoms with E-state index in [0.717, 1.165) is 31.0 Å². The van der Waals surface area contributed by atoms with Gasteiger partial charge in [0.25, 0.3) is 10.0 Å². The second-order valence-corrected chi connectivity index (χ2v) is 10.4. The van der Waals surface area contributed by atoms with E-state index >= 15 is 0 Å². The van der Waals surface area contributed by atoms with Crippen LogP contribution in [0.25, 0.3) is 10.9 Å². The highest BCUT2D eigenvalue weighted by Gasteiger charge is 2.22. The van der Waals surface area contributed by atoms with Crippen LogP contribution >= 0.6 is 34.5 Å².